The molecule has 0 aliphatic rings. The Morgan fingerprint density at radius 1 is 1.04 bits per heavy atom. The molecule has 0 aliphatic heterocycles. The number of sulfonamides is 1. The summed E-state index contributed by atoms with van der Waals surface area (Å²) in [6, 6.07) is 10.8. The number of alkyl halides is 3. The first-order valence-corrected chi connectivity index (χ1v) is 9.47. The largest absolute Gasteiger partial charge is 0.573 e. The highest BCUT2D eigenvalue weighted by molar-refractivity contribution is 7.92. The summed E-state index contributed by atoms with van der Waals surface area (Å²) in [5.74, 6) is -0.490. The molecule has 10 heteroatoms. The fourth-order valence-corrected chi connectivity index (χ4v) is 3.27. The minimum Gasteiger partial charge on any atom is -0.406 e. The molecule has 28 heavy (non-hydrogen) atoms. The third kappa shape index (κ3) is 7.79. The number of halogens is 4. The average molecular weight is 437 g/mol. The zero-order chi connectivity index (χ0) is 19.9. The molecule has 0 heterocycles. The second-order valence-corrected chi connectivity index (χ2v) is 7.25. The third-order valence-corrected chi connectivity index (χ3v) is 4.85. The molecule has 0 atom stereocenters. The zero-order valence-electron chi connectivity index (χ0n) is 14.7. The average Bonchev–Trinajstić information content (AvgIpc) is 2.59. The molecule has 0 saturated heterocycles. The Kier molecular flexibility index (Phi) is 8.80. The third-order valence-electron chi connectivity index (χ3n) is 3.45. The van der Waals surface area contributed by atoms with E-state index in [4.69, 9.17) is 0 Å². The molecule has 0 unspecified atom stereocenters. The molecule has 154 valence electrons. The van der Waals surface area contributed by atoms with Crippen LogP contribution in [0.1, 0.15) is 5.56 Å². The Morgan fingerprint density at radius 2 is 1.64 bits per heavy atom. The second kappa shape index (κ2) is 10.4. The summed E-state index contributed by atoms with van der Waals surface area (Å²) in [6.07, 6.45) is -2.29. The molecule has 0 bridgehead atoms. The topological polar surface area (TPSA) is 67.4 Å². The van der Waals surface area contributed by atoms with E-state index in [-0.39, 0.29) is 17.3 Å². The van der Waals surface area contributed by atoms with Crippen LogP contribution in [0.3, 0.4) is 0 Å². The maximum atomic E-state index is 12.3. The van der Waals surface area contributed by atoms with Gasteiger partial charge in [-0.1, -0.05) is 18.2 Å². The van der Waals surface area contributed by atoms with E-state index in [1.54, 1.807) is 30.3 Å². The van der Waals surface area contributed by atoms with Crippen molar-refractivity contribution in [2.75, 3.05) is 17.8 Å². The summed E-state index contributed by atoms with van der Waals surface area (Å²) in [4.78, 5) is -0.172. The summed E-state index contributed by atoms with van der Waals surface area (Å²) in [5.41, 5.74) is 1.39. The van der Waals surface area contributed by atoms with Crippen LogP contribution in [-0.2, 0) is 16.4 Å². The number of hydrogen-bond donors (Lipinski definition) is 2. The van der Waals surface area contributed by atoms with Crippen molar-refractivity contribution in [2.45, 2.75) is 17.7 Å². The van der Waals surface area contributed by atoms with Gasteiger partial charge in [0, 0.05) is 12.2 Å². The van der Waals surface area contributed by atoms with Crippen LogP contribution in [0.15, 0.2) is 66.1 Å². The van der Waals surface area contributed by atoms with Crippen molar-refractivity contribution in [1.29, 1.82) is 0 Å². The van der Waals surface area contributed by atoms with E-state index in [1.807, 2.05) is 0 Å². The molecule has 0 saturated carbocycles. The predicted molar refractivity (Wildman–Crippen MR) is 104 cm³/mol. The molecule has 2 N–H and O–H groups in total. The van der Waals surface area contributed by atoms with Gasteiger partial charge in [0.05, 0.1) is 4.90 Å². The van der Waals surface area contributed by atoms with Crippen molar-refractivity contribution in [3.05, 3.63) is 66.7 Å². The van der Waals surface area contributed by atoms with E-state index in [0.29, 0.717) is 12.2 Å². The molecule has 2 aromatic rings. The number of benzene rings is 2. The first kappa shape index (κ1) is 23.8. The second-order valence-electron chi connectivity index (χ2n) is 5.56. The number of rotatable bonds is 9. The molecule has 0 aromatic heterocycles. The lowest BCUT2D eigenvalue weighted by atomic mass is 10.1. The predicted octanol–water partition coefficient (Wildman–Crippen LogP) is 4.13. The van der Waals surface area contributed by atoms with Gasteiger partial charge in [-0.15, -0.1) is 32.2 Å². The minimum absolute atomic E-state index is 0. The van der Waals surface area contributed by atoms with Crippen LogP contribution in [0.5, 0.6) is 5.75 Å². The van der Waals surface area contributed by atoms with E-state index >= 15 is 0 Å². The summed E-state index contributed by atoms with van der Waals surface area (Å²) < 4.78 is 67.2. The van der Waals surface area contributed by atoms with Crippen LogP contribution < -0.4 is 14.8 Å². The normalized spacial score (nSPS) is 11.4. The number of nitrogens with one attached hydrogen (secondary N) is 2. The molecule has 2 rings (SSSR count). The van der Waals surface area contributed by atoms with Crippen molar-refractivity contribution in [1.82, 2.24) is 5.32 Å². The summed E-state index contributed by atoms with van der Waals surface area (Å²) in [5, 5.41) is 3.17. The molecule has 0 aliphatic carbocycles. The van der Waals surface area contributed by atoms with Crippen LogP contribution in [0.2, 0.25) is 0 Å². The Labute approximate surface area is 168 Å². The van der Waals surface area contributed by atoms with Crippen LogP contribution in [-0.4, -0.2) is 27.9 Å². The van der Waals surface area contributed by atoms with Crippen LogP contribution in [0, 0.1) is 0 Å². The van der Waals surface area contributed by atoms with Crippen LogP contribution >= 0.6 is 12.4 Å². The molecular weight excluding hydrogens is 417 g/mol. The van der Waals surface area contributed by atoms with Gasteiger partial charge in [-0.2, -0.15) is 0 Å². The molecular formula is C18H20ClF3N2O3S. The number of anilines is 1. The Morgan fingerprint density at radius 3 is 2.18 bits per heavy atom. The smallest absolute Gasteiger partial charge is 0.406 e. The molecule has 2 aromatic carbocycles. The standard InChI is InChI=1S/C18H19F3N2O3S.ClH/c1-2-12-22-13-11-14-3-5-15(6-4-14)23-27(24,25)17-9-7-16(8-10-17)26-18(19,20)21;/h2-10,22-23H,1,11-13H2;1H. The van der Waals surface area contributed by atoms with Gasteiger partial charge in [-0.25, -0.2) is 8.42 Å². The molecule has 5 nitrogen and oxygen atoms in total. The van der Waals surface area contributed by atoms with Gasteiger partial charge in [0.25, 0.3) is 10.0 Å². The van der Waals surface area contributed by atoms with Gasteiger partial charge in [0.1, 0.15) is 5.75 Å². The van der Waals surface area contributed by atoms with Crippen molar-refractivity contribution < 1.29 is 26.3 Å². The lowest BCUT2D eigenvalue weighted by Gasteiger charge is -2.11. The van der Waals surface area contributed by atoms with Crippen molar-refractivity contribution >= 4 is 28.1 Å². The highest BCUT2D eigenvalue weighted by Crippen LogP contribution is 2.24. The van der Waals surface area contributed by atoms with Gasteiger partial charge in [0.15, 0.2) is 0 Å². The van der Waals surface area contributed by atoms with Crippen molar-refractivity contribution in [3.8, 4) is 5.75 Å². The quantitative estimate of drug-likeness (QED) is 0.458. The molecule has 0 radical (unpaired) electrons. The molecule has 0 spiro atoms. The summed E-state index contributed by atoms with van der Waals surface area (Å²) in [7, 11) is -3.92. The first-order chi connectivity index (χ1) is 12.7. The SMILES string of the molecule is C=CCNCCc1ccc(NS(=O)(=O)c2ccc(OC(F)(F)F)cc2)cc1.Cl. The van der Waals surface area contributed by atoms with Crippen molar-refractivity contribution in [3.63, 3.8) is 0 Å². The van der Waals surface area contributed by atoms with Gasteiger partial charge < -0.3 is 10.1 Å². The maximum absolute atomic E-state index is 12.3. The first-order valence-electron chi connectivity index (χ1n) is 7.99. The monoisotopic (exact) mass is 436 g/mol. The fourth-order valence-electron chi connectivity index (χ4n) is 2.21. The summed E-state index contributed by atoms with van der Waals surface area (Å²) in [6.45, 7) is 5.09. The Hall–Kier alpha value is -2.23. The highest BCUT2D eigenvalue weighted by Gasteiger charge is 2.31. The van der Waals surface area contributed by atoms with Gasteiger partial charge in [-0.3, -0.25) is 4.72 Å². The van der Waals surface area contributed by atoms with E-state index in [1.165, 1.54) is 0 Å². The minimum atomic E-state index is -4.83. The van der Waals surface area contributed by atoms with Gasteiger partial charge >= 0.3 is 6.36 Å². The fraction of sp³-hybridized carbons (Fsp3) is 0.222. The Balaban J connectivity index is 0.00000392. The molecule has 0 fully saturated rings. The zero-order valence-corrected chi connectivity index (χ0v) is 16.3. The number of ether oxygens (including phenoxy) is 1. The van der Waals surface area contributed by atoms with E-state index in [2.05, 4.69) is 21.4 Å². The molecule has 0 amide bonds. The number of hydrogen-bond acceptors (Lipinski definition) is 4. The van der Waals surface area contributed by atoms with Gasteiger partial charge in [0.2, 0.25) is 0 Å². The van der Waals surface area contributed by atoms with E-state index in [0.717, 1.165) is 42.8 Å². The highest BCUT2D eigenvalue weighted by atomic mass is 35.5. The van der Waals surface area contributed by atoms with Gasteiger partial charge in [-0.05, 0) is 54.9 Å². The lowest BCUT2D eigenvalue weighted by Crippen LogP contribution is -2.17. The van der Waals surface area contributed by atoms with E-state index < -0.39 is 22.1 Å². The van der Waals surface area contributed by atoms with Crippen LogP contribution in [0.4, 0.5) is 18.9 Å². The Bertz CT molecular complexity index is 855. The van der Waals surface area contributed by atoms with E-state index in [9.17, 15) is 21.6 Å². The van der Waals surface area contributed by atoms with Crippen molar-refractivity contribution in [2.24, 2.45) is 0 Å². The van der Waals surface area contributed by atoms with Crippen LogP contribution in [0.25, 0.3) is 0 Å². The maximum Gasteiger partial charge on any atom is 0.573 e. The summed E-state index contributed by atoms with van der Waals surface area (Å²) >= 11 is 0. The lowest BCUT2D eigenvalue weighted by molar-refractivity contribution is -0.274.